The van der Waals surface area contributed by atoms with E-state index >= 15 is 0 Å². The van der Waals surface area contributed by atoms with Gasteiger partial charge in [0.2, 0.25) is 5.91 Å². The monoisotopic (exact) mass is 283 g/mol. The summed E-state index contributed by atoms with van der Waals surface area (Å²) in [5.74, 6) is 0.936. The maximum Gasteiger partial charge on any atom is 0.224 e. The van der Waals surface area contributed by atoms with Crippen LogP contribution in [0.4, 0.5) is 0 Å². The molecule has 2 aliphatic rings. The number of likely N-dealkylation sites (tertiary alicyclic amines) is 1. The van der Waals surface area contributed by atoms with Gasteiger partial charge in [0.25, 0.3) is 0 Å². The highest BCUT2D eigenvalue weighted by molar-refractivity contribution is 5.77. The van der Waals surface area contributed by atoms with Crippen LogP contribution in [0.15, 0.2) is 0 Å². The minimum Gasteiger partial charge on any atom is -0.379 e. The SMILES string of the molecule is CC(C)(N)CC(=O)N1CCC(CN2CCOCC2)CC1. The van der Waals surface area contributed by atoms with Crippen LogP contribution in [0.5, 0.6) is 0 Å². The van der Waals surface area contributed by atoms with E-state index in [4.69, 9.17) is 10.5 Å². The number of hydrogen-bond acceptors (Lipinski definition) is 4. The second-order valence-electron chi connectivity index (χ2n) is 6.90. The van der Waals surface area contributed by atoms with Gasteiger partial charge in [-0.05, 0) is 32.6 Å². The van der Waals surface area contributed by atoms with Crippen molar-refractivity contribution in [2.45, 2.75) is 38.6 Å². The van der Waals surface area contributed by atoms with Gasteiger partial charge in [-0.15, -0.1) is 0 Å². The Balaban J connectivity index is 1.70. The summed E-state index contributed by atoms with van der Waals surface area (Å²) in [5, 5.41) is 0. The molecule has 5 heteroatoms. The molecule has 2 fully saturated rings. The van der Waals surface area contributed by atoms with Crippen LogP contribution in [0.1, 0.15) is 33.1 Å². The highest BCUT2D eigenvalue weighted by Crippen LogP contribution is 2.20. The van der Waals surface area contributed by atoms with Crippen LogP contribution >= 0.6 is 0 Å². The smallest absolute Gasteiger partial charge is 0.224 e. The zero-order valence-corrected chi connectivity index (χ0v) is 12.9. The van der Waals surface area contributed by atoms with Crippen molar-refractivity contribution >= 4 is 5.91 Å². The number of piperidine rings is 1. The first-order valence-corrected chi connectivity index (χ1v) is 7.81. The summed E-state index contributed by atoms with van der Waals surface area (Å²) in [7, 11) is 0. The molecule has 2 aliphatic heterocycles. The van der Waals surface area contributed by atoms with Gasteiger partial charge in [0.15, 0.2) is 0 Å². The molecule has 1 amide bonds. The Labute approximate surface area is 122 Å². The van der Waals surface area contributed by atoms with E-state index in [0.717, 1.165) is 64.7 Å². The third-order valence-corrected chi connectivity index (χ3v) is 4.19. The molecule has 0 saturated carbocycles. The molecule has 0 aromatic carbocycles. The lowest BCUT2D eigenvalue weighted by molar-refractivity contribution is -0.133. The van der Waals surface area contributed by atoms with Crippen molar-refractivity contribution in [1.82, 2.24) is 9.80 Å². The molecule has 2 rings (SSSR count). The van der Waals surface area contributed by atoms with Gasteiger partial charge in [-0.1, -0.05) is 0 Å². The lowest BCUT2D eigenvalue weighted by Crippen LogP contribution is -2.46. The molecule has 0 aliphatic carbocycles. The van der Waals surface area contributed by atoms with Crippen molar-refractivity contribution in [3.8, 4) is 0 Å². The number of carbonyl (C=O) groups excluding carboxylic acids is 1. The molecule has 20 heavy (non-hydrogen) atoms. The van der Waals surface area contributed by atoms with Gasteiger partial charge in [-0.25, -0.2) is 0 Å². The third-order valence-electron chi connectivity index (χ3n) is 4.19. The Morgan fingerprint density at radius 3 is 2.35 bits per heavy atom. The van der Waals surface area contributed by atoms with Gasteiger partial charge in [-0.3, -0.25) is 9.69 Å². The predicted octanol–water partition coefficient (Wildman–Crippen LogP) is 0.685. The summed E-state index contributed by atoms with van der Waals surface area (Å²) in [4.78, 5) is 16.6. The molecule has 0 bridgehead atoms. The van der Waals surface area contributed by atoms with Crippen molar-refractivity contribution in [2.75, 3.05) is 45.9 Å². The zero-order chi connectivity index (χ0) is 14.6. The number of ether oxygens (including phenoxy) is 1. The number of amides is 1. The maximum absolute atomic E-state index is 12.1. The van der Waals surface area contributed by atoms with E-state index in [1.54, 1.807) is 0 Å². The number of morpholine rings is 1. The van der Waals surface area contributed by atoms with E-state index in [0.29, 0.717) is 6.42 Å². The number of carbonyl (C=O) groups is 1. The van der Waals surface area contributed by atoms with Crippen LogP contribution in [0.2, 0.25) is 0 Å². The van der Waals surface area contributed by atoms with E-state index < -0.39 is 5.54 Å². The zero-order valence-electron chi connectivity index (χ0n) is 12.9. The van der Waals surface area contributed by atoms with Crippen LogP contribution in [0.3, 0.4) is 0 Å². The first kappa shape index (κ1) is 15.7. The van der Waals surface area contributed by atoms with Crippen LogP contribution in [0, 0.1) is 5.92 Å². The quantitative estimate of drug-likeness (QED) is 0.824. The normalized spacial score (nSPS) is 23.1. The molecule has 2 heterocycles. The molecule has 116 valence electrons. The molecule has 0 atom stereocenters. The maximum atomic E-state index is 12.1. The molecular formula is C15H29N3O2. The summed E-state index contributed by atoms with van der Waals surface area (Å²) >= 11 is 0. The van der Waals surface area contributed by atoms with Gasteiger partial charge < -0.3 is 15.4 Å². The standard InChI is InChI=1S/C15H29N3O2/c1-15(2,16)11-14(19)18-5-3-13(4-6-18)12-17-7-9-20-10-8-17/h13H,3-12,16H2,1-2H3. The van der Waals surface area contributed by atoms with Crippen molar-refractivity contribution in [2.24, 2.45) is 11.7 Å². The van der Waals surface area contributed by atoms with Crippen LogP contribution in [-0.2, 0) is 9.53 Å². The first-order chi connectivity index (χ1) is 9.44. The van der Waals surface area contributed by atoms with Crippen LogP contribution in [-0.4, -0.2) is 67.2 Å². The van der Waals surface area contributed by atoms with Crippen molar-refractivity contribution in [3.63, 3.8) is 0 Å². The van der Waals surface area contributed by atoms with Gasteiger partial charge >= 0.3 is 0 Å². The van der Waals surface area contributed by atoms with Crippen LogP contribution in [0.25, 0.3) is 0 Å². The lowest BCUT2D eigenvalue weighted by atomic mass is 9.94. The van der Waals surface area contributed by atoms with Crippen molar-refractivity contribution < 1.29 is 9.53 Å². The summed E-state index contributed by atoms with van der Waals surface area (Å²) < 4.78 is 5.38. The summed E-state index contributed by atoms with van der Waals surface area (Å²) in [6.07, 6.45) is 2.68. The molecule has 2 saturated heterocycles. The molecule has 0 radical (unpaired) electrons. The van der Waals surface area contributed by atoms with Crippen molar-refractivity contribution in [3.05, 3.63) is 0 Å². The average molecular weight is 283 g/mol. The Kier molecular flexibility index (Phi) is 5.41. The Bertz CT molecular complexity index is 314. The lowest BCUT2D eigenvalue weighted by Gasteiger charge is -2.36. The fourth-order valence-electron chi connectivity index (χ4n) is 3.02. The summed E-state index contributed by atoms with van der Waals surface area (Å²) in [6.45, 7) is 10.6. The number of nitrogens with zero attached hydrogens (tertiary/aromatic N) is 2. The molecule has 0 aromatic rings. The summed E-state index contributed by atoms with van der Waals surface area (Å²) in [5.41, 5.74) is 5.53. The van der Waals surface area contributed by atoms with Gasteiger partial charge in [0.05, 0.1) is 13.2 Å². The Hall–Kier alpha value is -0.650. The molecule has 0 unspecified atom stereocenters. The van der Waals surface area contributed by atoms with E-state index in [-0.39, 0.29) is 5.91 Å². The van der Waals surface area contributed by atoms with Crippen LogP contribution < -0.4 is 5.73 Å². The minimum absolute atomic E-state index is 0.210. The van der Waals surface area contributed by atoms with Gasteiger partial charge in [0, 0.05) is 44.7 Å². The molecule has 0 spiro atoms. The second-order valence-corrected chi connectivity index (χ2v) is 6.90. The fraction of sp³-hybridized carbons (Fsp3) is 0.933. The third kappa shape index (κ3) is 5.04. The molecule has 2 N–H and O–H groups in total. The largest absolute Gasteiger partial charge is 0.379 e. The first-order valence-electron chi connectivity index (χ1n) is 7.81. The number of hydrogen-bond donors (Lipinski definition) is 1. The van der Waals surface area contributed by atoms with Crippen molar-refractivity contribution in [1.29, 1.82) is 0 Å². The molecule has 5 nitrogen and oxygen atoms in total. The molecule has 0 aromatic heterocycles. The molecular weight excluding hydrogens is 254 g/mol. The van der Waals surface area contributed by atoms with Gasteiger partial charge in [-0.2, -0.15) is 0 Å². The number of nitrogens with two attached hydrogens (primary N) is 1. The Morgan fingerprint density at radius 1 is 1.20 bits per heavy atom. The topological polar surface area (TPSA) is 58.8 Å². The van der Waals surface area contributed by atoms with Gasteiger partial charge in [0.1, 0.15) is 0 Å². The summed E-state index contributed by atoms with van der Waals surface area (Å²) in [6, 6.07) is 0. The Morgan fingerprint density at radius 2 is 1.80 bits per heavy atom. The van der Waals surface area contributed by atoms with E-state index in [9.17, 15) is 4.79 Å². The number of rotatable bonds is 4. The predicted molar refractivity (Wildman–Crippen MR) is 79.4 cm³/mol. The van der Waals surface area contributed by atoms with E-state index in [1.165, 1.54) is 0 Å². The van der Waals surface area contributed by atoms with E-state index in [1.807, 2.05) is 18.7 Å². The van der Waals surface area contributed by atoms with E-state index in [2.05, 4.69) is 4.90 Å². The highest BCUT2D eigenvalue weighted by Gasteiger charge is 2.27. The fourth-order valence-corrected chi connectivity index (χ4v) is 3.02. The minimum atomic E-state index is -0.401. The average Bonchev–Trinajstić information content (AvgIpc) is 2.39. The highest BCUT2D eigenvalue weighted by atomic mass is 16.5. The second kappa shape index (κ2) is 6.87.